The largest absolute Gasteiger partial charge is 0.287 e. The first-order chi connectivity index (χ1) is 7.17. The number of allylic oxidation sites excluding steroid dienone is 1. The molecule has 72 valence electrons. The van der Waals surface area contributed by atoms with Crippen molar-refractivity contribution in [2.75, 3.05) is 0 Å². The van der Waals surface area contributed by atoms with Crippen molar-refractivity contribution < 1.29 is 9.59 Å². The maximum atomic E-state index is 11.2. The van der Waals surface area contributed by atoms with Crippen molar-refractivity contribution in [1.82, 2.24) is 5.32 Å². The number of carbonyl (C=O) groups is 2. The summed E-state index contributed by atoms with van der Waals surface area (Å²) in [7, 11) is 0. The zero-order valence-electron chi connectivity index (χ0n) is 7.03. The number of imide groups is 1. The van der Waals surface area contributed by atoms with Gasteiger partial charge < -0.3 is 0 Å². The van der Waals surface area contributed by atoms with Crippen LogP contribution in [0.4, 0.5) is 0 Å². The molecule has 1 N–H and O–H groups in total. The smallest absolute Gasteiger partial charge is 0.266 e. The van der Waals surface area contributed by atoms with Crippen LogP contribution in [0.25, 0.3) is 0 Å². The minimum Gasteiger partial charge on any atom is -0.287 e. The highest BCUT2D eigenvalue weighted by atomic mass is 32.2. The van der Waals surface area contributed by atoms with Gasteiger partial charge in [0.15, 0.2) is 0 Å². The highest BCUT2D eigenvalue weighted by molar-refractivity contribution is 8.29. The molecule has 2 amide bonds. The molecule has 0 saturated carbocycles. The van der Waals surface area contributed by atoms with Crippen LogP contribution in [0, 0.1) is 22.7 Å². The maximum absolute atomic E-state index is 11.2. The molecular formula is C8HN3O2S2. The number of nitrogens with zero attached hydrogens (tertiary/aromatic N) is 2. The monoisotopic (exact) mass is 235 g/mol. The van der Waals surface area contributed by atoms with Crippen molar-refractivity contribution >= 4 is 35.3 Å². The Bertz CT molecular complexity index is 489. The van der Waals surface area contributed by atoms with Gasteiger partial charge >= 0.3 is 0 Å². The Morgan fingerprint density at radius 1 is 1.07 bits per heavy atom. The van der Waals surface area contributed by atoms with E-state index in [2.05, 4.69) is 5.32 Å². The van der Waals surface area contributed by atoms with E-state index in [-0.39, 0.29) is 15.4 Å². The molecule has 15 heavy (non-hydrogen) atoms. The second-order valence-electron chi connectivity index (χ2n) is 2.53. The molecule has 0 aromatic rings. The van der Waals surface area contributed by atoms with Crippen LogP contribution in [-0.2, 0) is 9.59 Å². The van der Waals surface area contributed by atoms with Crippen LogP contribution in [0.2, 0.25) is 0 Å². The van der Waals surface area contributed by atoms with Crippen molar-refractivity contribution in [1.29, 1.82) is 10.5 Å². The lowest BCUT2D eigenvalue weighted by Gasteiger charge is -1.98. The van der Waals surface area contributed by atoms with Gasteiger partial charge in [-0.3, -0.25) is 14.9 Å². The first-order valence-corrected chi connectivity index (χ1v) is 5.30. The van der Waals surface area contributed by atoms with Crippen LogP contribution in [0.3, 0.4) is 0 Å². The third-order valence-electron chi connectivity index (χ3n) is 1.66. The van der Waals surface area contributed by atoms with E-state index in [0.717, 1.165) is 23.5 Å². The van der Waals surface area contributed by atoms with E-state index in [1.165, 1.54) is 0 Å². The summed E-state index contributed by atoms with van der Waals surface area (Å²) in [6.07, 6.45) is 0. The lowest BCUT2D eigenvalue weighted by atomic mass is 10.4. The molecule has 0 atom stereocenters. The normalized spacial score (nSPS) is 18.4. The number of nitriles is 2. The molecule has 0 aliphatic carbocycles. The number of amides is 2. The van der Waals surface area contributed by atoms with Gasteiger partial charge in [0.2, 0.25) is 0 Å². The summed E-state index contributed by atoms with van der Waals surface area (Å²) in [5, 5.41) is 19.4. The number of rotatable bonds is 0. The number of nitrogens with one attached hydrogen (secondary N) is 1. The van der Waals surface area contributed by atoms with Crippen LogP contribution < -0.4 is 5.32 Å². The SMILES string of the molecule is N#CC(C#N)=C1SC2=C(S1)C(=O)NC2=O. The fourth-order valence-corrected chi connectivity index (χ4v) is 3.37. The van der Waals surface area contributed by atoms with Crippen LogP contribution in [0.15, 0.2) is 19.6 Å². The van der Waals surface area contributed by atoms with Gasteiger partial charge in [0.05, 0.1) is 14.0 Å². The summed E-state index contributed by atoms with van der Waals surface area (Å²) in [5.74, 6) is -0.921. The summed E-state index contributed by atoms with van der Waals surface area (Å²) in [6.45, 7) is 0. The number of hydrogen-bond donors (Lipinski definition) is 1. The highest BCUT2D eigenvalue weighted by Gasteiger charge is 2.38. The molecule has 0 spiro atoms. The van der Waals surface area contributed by atoms with Crippen molar-refractivity contribution in [2.24, 2.45) is 0 Å². The summed E-state index contributed by atoms with van der Waals surface area (Å²) >= 11 is 1.99. The van der Waals surface area contributed by atoms with Crippen LogP contribution in [0.5, 0.6) is 0 Å². The van der Waals surface area contributed by atoms with Crippen molar-refractivity contribution in [2.45, 2.75) is 0 Å². The fourth-order valence-electron chi connectivity index (χ4n) is 1.03. The maximum Gasteiger partial charge on any atom is 0.266 e. The number of carbonyl (C=O) groups excluding carboxylic acids is 2. The third-order valence-corrected chi connectivity index (χ3v) is 4.26. The van der Waals surface area contributed by atoms with E-state index in [4.69, 9.17) is 10.5 Å². The standard InChI is InChI=1S/C8HN3O2S2/c9-1-3(2-10)8-14-4-5(15-8)7(13)11-6(4)12/h(H,11,12,13). The van der Waals surface area contributed by atoms with Crippen LogP contribution in [0.1, 0.15) is 0 Å². The Hall–Kier alpha value is -1.70. The average Bonchev–Trinajstić information content (AvgIpc) is 2.73. The van der Waals surface area contributed by atoms with Crippen molar-refractivity contribution in [3.05, 3.63) is 19.6 Å². The third kappa shape index (κ3) is 1.42. The summed E-state index contributed by atoms with van der Waals surface area (Å²) in [6, 6.07) is 3.44. The Morgan fingerprint density at radius 3 is 1.93 bits per heavy atom. The van der Waals surface area contributed by atoms with Crippen molar-refractivity contribution in [3.8, 4) is 12.1 Å². The van der Waals surface area contributed by atoms with Crippen molar-refractivity contribution in [3.63, 3.8) is 0 Å². The highest BCUT2D eigenvalue weighted by Crippen LogP contribution is 2.52. The van der Waals surface area contributed by atoms with Gasteiger partial charge in [0, 0.05) is 0 Å². The van der Waals surface area contributed by atoms with E-state index in [0.29, 0.717) is 4.24 Å². The summed E-state index contributed by atoms with van der Waals surface area (Å²) in [4.78, 5) is 23.0. The summed E-state index contributed by atoms with van der Waals surface area (Å²) < 4.78 is 0.396. The van der Waals surface area contributed by atoms with Crippen LogP contribution >= 0.6 is 23.5 Å². The fraction of sp³-hybridized carbons (Fsp3) is 0. The van der Waals surface area contributed by atoms with E-state index >= 15 is 0 Å². The molecular weight excluding hydrogens is 234 g/mol. The molecule has 0 bridgehead atoms. The second-order valence-corrected chi connectivity index (χ2v) is 4.83. The molecule has 0 aromatic carbocycles. The Balaban J connectivity index is 2.39. The predicted octanol–water partition coefficient (Wildman–Crippen LogP) is 0.593. The molecule has 0 radical (unpaired) electrons. The van der Waals surface area contributed by atoms with Gasteiger partial charge in [0.25, 0.3) is 11.8 Å². The zero-order chi connectivity index (χ0) is 11.0. The Kier molecular flexibility index (Phi) is 2.27. The molecule has 2 aliphatic rings. The molecule has 0 fully saturated rings. The molecule has 7 heteroatoms. The Labute approximate surface area is 92.8 Å². The topological polar surface area (TPSA) is 93.8 Å². The first-order valence-electron chi connectivity index (χ1n) is 3.67. The van der Waals surface area contributed by atoms with Gasteiger partial charge in [-0.05, 0) is 0 Å². The number of thioether (sulfide) groups is 2. The first kappa shape index (κ1) is 9.84. The molecule has 0 unspecified atom stereocenters. The molecule has 2 rings (SSSR count). The minimum atomic E-state index is -0.460. The van der Waals surface area contributed by atoms with Gasteiger partial charge in [-0.15, -0.1) is 0 Å². The summed E-state index contributed by atoms with van der Waals surface area (Å²) in [5.41, 5.74) is -0.0694. The molecule has 0 saturated heterocycles. The molecule has 2 aliphatic heterocycles. The zero-order valence-corrected chi connectivity index (χ0v) is 8.66. The lowest BCUT2D eigenvalue weighted by Crippen LogP contribution is -2.23. The van der Waals surface area contributed by atoms with Gasteiger partial charge in [0.1, 0.15) is 17.7 Å². The van der Waals surface area contributed by atoms with Gasteiger partial charge in [-0.1, -0.05) is 23.5 Å². The number of hydrogen-bond acceptors (Lipinski definition) is 6. The van der Waals surface area contributed by atoms with E-state index in [9.17, 15) is 9.59 Å². The minimum absolute atomic E-state index is 0.0694. The van der Waals surface area contributed by atoms with E-state index in [1.54, 1.807) is 12.1 Å². The lowest BCUT2D eigenvalue weighted by molar-refractivity contribution is -0.123. The molecule has 2 heterocycles. The second kappa shape index (κ2) is 3.46. The quantitative estimate of drug-likeness (QED) is 0.488. The van der Waals surface area contributed by atoms with Gasteiger partial charge in [-0.2, -0.15) is 10.5 Å². The van der Waals surface area contributed by atoms with E-state index < -0.39 is 11.8 Å². The van der Waals surface area contributed by atoms with E-state index in [1.807, 2.05) is 0 Å². The molecule has 0 aromatic heterocycles. The Morgan fingerprint density at radius 2 is 1.53 bits per heavy atom. The van der Waals surface area contributed by atoms with Gasteiger partial charge in [-0.25, -0.2) is 0 Å². The average molecular weight is 235 g/mol. The van der Waals surface area contributed by atoms with Crippen LogP contribution in [-0.4, -0.2) is 11.8 Å². The molecule has 5 nitrogen and oxygen atoms in total. The predicted molar refractivity (Wildman–Crippen MR) is 53.6 cm³/mol.